The average molecular weight is 361 g/mol. The molecular weight excluding hydrogens is 342 g/mol. The highest BCUT2D eigenvalue weighted by Crippen LogP contribution is 2.28. The Kier molecular flexibility index (Phi) is 5.84. The number of nitrogens with zero attached hydrogens (tertiary/aromatic N) is 1. The summed E-state index contributed by atoms with van der Waals surface area (Å²) in [5.41, 5.74) is 2.24. The highest BCUT2D eigenvalue weighted by atomic mass is 16.5. The fraction of sp³-hybridized carbons (Fsp3) is 0.0909. The Morgan fingerprint density at radius 1 is 0.889 bits per heavy atom. The van der Waals surface area contributed by atoms with Crippen LogP contribution in [0.3, 0.4) is 0 Å². The third-order valence-corrected chi connectivity index (χ3v) is 3.84. The summed E-state index contributed by atoms with van der Waals surface area (Å²) in [6, 6.07) is 17.9. The Balaban J connectivity index is 1.67. The van der Waals surface area contributed by atoms with Crippen LogP contribution in [0.25, 0.3) is 12.2 Å². The van der Waals surface area contributed by atoms with Gasteiger partial charge in [0.2, 0.25) is 0 Å². The summed E-state index contributed by atoms with van der Waals surface area (Å²) in [4.78, 5) is 16.6. The number of carbonyl (C=O) groups excluding carboxylic acids is 1. The van der Waals surface area contributed by atoms with Gasteiger partial charge in [-0.1, -0.05) is 24.3 Å². The number of benzene rings is 2. The van der Waals surface area contributed by atoms with E-state index in [-0.39, 0.29) is 0 Å². The minimum atomic E-state index is -0.465. The number of rotatable bonds is 6. The molecule has 136 valence electrons. The first-order valence-electron chi connectivity index (χ1n) is 8.33. The molecule has 0 saturated heterocycles. The fourth-order valence-corrected chi connectivity index (χ4v) is 2.43. The topological polar surface area (TPSA) is 57.7 Å². The van der Waals surface area contributed by atoms with E-state index in [0.717, 1.165) is 11.3 Å². The zero-order valence-corrected chi connectivity index (χ0v) is 15.1. The van der Waals surface area contributed by atoms with Crippen molar-refractivity contribution in [3.8, 4) is 17.2 Å². The lowest BCUT2D eigenvalue weighted by Gasteiger charge is -2.09. The van der Waals surface area contributed by atoms with Crippen LogP contribution in [0.4, 0.5) is 0 Å². The van der Waals surface area contributed by atoms with Gasteiger partial charge in [0, 0.05) is 6.20 Å². The Bertz CT molecular complexity index is 934. The van der Waals surface area contributed by atoms with Gasteiger partial charge in [0.25, 0.3) is 0 Å². The van der Waals surface area contributed by atoms with E-state index in [1.807, 2.05) is 42.5 Å². The molecule has 0 atom stereocenters. The highest BCUT2D eigenvalue weighted by molar-refractivity contribution is 5.91. The van der Waals surface area contributed by atoms with Crippen LogP contribution in [-0.2, 0) is 0 Å². The molecule has 5 heteroatoms. The number of ether oxygens (including phenoxy) is 3. The quantitative estimate of drug-likeness (QED) is 0.478. The molecule has 3 rings (SSSR count). The highest BCUT2D eigenvalue weighted by Gasteiger charge is 2.12. The zero-order valence-electron chi connectivity index (χ0n) is 15.1. The maximum Gasteiger partial charge on any atom is 0.343 e. The molecule has 0 bridgehead atoms. The number of hydrogen-bond acceptors (Lipinski definition) is 5. The average Bonchev–Trinajstić information content (AvgIpc) is 2.73. The maximum atomic E-state index is 12.3. The zero-order chi connectivity index (χ0) is 19.1. The lowest BCUT2D eigenvalue weighted by Crippen LogP contribution is -2.08. The third kappa shape index (κ3) is 4.73. The Morgan fingerprint density at radius 2 is 1.67 bits per heavy atom. The van der Waals surface area contributed by atoms with Gasteiger partial charge >= 0.3 is 5.97 Å². The van der Waals surface area contributed by atoms with Gasteiger partial charge in [0.15, 0.2) is 11.5 Å². The van der Waals surface area contributed by atoms with Crippen LogP contribution in [0.5, 0.6) is 17.2 Å². The van der Waals surface area contributed by atoms with E-state index in [9.17, 15) is 4.79 Å². The van der Waals surface area contributed by atoms with Crippen LogP contribution in [0.1, 0.15) is 21.6 Å². The molecule has 0 aliphatic heterocycles. The number of pyridine rings is 1. The van der Waals surface area contributed by atoms with Gasteiger partial charge in [-0.05, 0) is 54.1 Å². The summed E-state index contributed by atoms with van der Waals surface area (Å²) in [5.74, 6) is 1.03. The van der Waals surface area contributed by atoms with E-state index in [4.69, 9.17) is 14.2 Å². The van der Waals surface area contributed by atoms with Crippen molar-refractivity contribution >= 4 is 18.1 Å². The molecule has 0 amide bonds. The standard InChI is InChI=1S/C22H19NO4/c1-25-20-13-9-17(15-21(20)26-2)22(24)27-19-11-7-16(8-12-19)6-10-18-5-3-4-14-23-18/h3-15H,1-2H3. The van der Waals surface area contributed by atoms with Gasteiger partial charge in [-0.3, -0.25) is 4.98 Å². The van der Waals surface area contributed by atoms with E-state index in [0.29, 0.717) is 22.8 Å². The number of methoxy groups -OCH3 is 2. The number of hydrogen-bond donors (Lipinski definition) is 0. The van der Waals surface area contributed by atoms with E-state index in [2.05, 4.69) is 4.98 Å². The lowest BCUT2D eigenvalue weighted by atomic mass is 10.2. The molecule has 0 aliphatic carbocycles. The molecule has 3 aromatic rings. The van der Waals surface area contributed by atoms with Crippen molar-refractivity contribution in [2.45, 2.75) is 0 Å². The molecule has 0 fully saturated rings. The third-order valence-electron chi connectivity index (χ3n) is 3.84. The molecule has 2 aromatic carbocycles. The lowest BCUT2D eigenvalue weighted by molar-refractivity contribution is 0.0734. The predicted molar refractivity (Wildman–Crippen MR) is 104 cm³/mol. The second-order valence-corrected chi connectivity index (χ2v) is 5.62. The molecule has 0 unspecified atom stereocenters. The molecule has 1 heterocycles. The Hall–Kier alpha value is -3.60. The fourth-order valence-electron chi connectivity index (χ4n) is 2.43. The van der Waals surface area contributed by atoms with Crippen LogP contribution < -0.4 is 14.2 Å². The van der Waals surface area contributed by atoms with Crippen molar-refractivity contribution in [3.05, 3.63) is 83.7 Å². The van der Waals surface area contributed by atoms with Crippen LogP contribution in [-0.4, -0.2) is 25.2 Å². The van der Waals surface area contributed by atoms with Crippen molar-refractivity contribution in [1.82, 2.24) is 4.98 Å². The molecule has 0 aliphatic rings. The van der Waals surface area contributed by atoms with Gasteiger partial charge < -0.3 is 14.2 Å². The first-order valence-corrected chi connectivity index (χ1v) is 8.33. The summed E-state index contributed by atoms with van der Waals surface area (Å²) in [6.07, 6.45) is 5.61. The molecule has 0 N–H and O–H groups in total. The summed E-state index contributed by atoms with van der Waals surface area (Å²) < 4.78 is 15.8. The summed E-state index contributed by atoms with van der Waals surface area (Å²) in [7, 11) is 3.06. The second-order valence-electron chi connectivity index (χ2n) is 5.62. The minimum Gasteiger partial charge on any atom is -0.493 e. The first kappa shape index (κ1) is 18.2. The largest absolute Gasteiger partial charge is 0.493 e. The number of aromatic nitrogens is 1. The Morgan fingerprint density at radius 3 is 2.33 bits per heavy atom. The molecule has 0 radical (unpaired) electrons. The van der Waals surface area contributed by atoms with Gasteiger partial charge in [-0.15, -0.1) is 0 Å². The smallest absolute Gasteiger partial charge is 0.343 e. The van der Waals surface area contributed by atoms with E-state index in [1.165, 1.54) is 7.11 Å². The molecule has 0 saturated carbocycles. The van der Waals surface area contributed by atoms with Crippen molar-refractivity contribution in [2.24, 2.45) is 0 Å². The number of esters is 1. The van der Waals surface area contributed by atoms with Crippen molar-refractivity contribution in [2.75, 3.05) is 14.2 Å². The van der Waals surface area contributed by atoms with Crippen molar-refractivity contribution in [1.29, 1.82) is 0 Å². The predicted octanol–water partition coefficient (Wildman–Crippen LogP) is 4.49. The van der Waals surface area contributed by atoms with E-state index < -0.39 is 5.97 Å². The van der Waals surface area contributed by atoms with Gasteiger partial charge in [0.1, 0.15) is 5.75 Å². The van der Waals surface area contributed by atoms with Crippen LogP contribution in [0.15, 0.2) is 66.9 Å². The normalized spacial score (nSPS) is 10.6. The second kappa shape index (κ2) is 8.67. The SMILES string of the molecule is COc1ccc(C(=O)Oc2ccc(C=Cc3ccccn3)cc2)cc1OC. The van der Waals surface area contributed by atoms with E-state index in [1.54, 1.807) is 43.6 Å². The summed E-state index contributed by atoms with van der Waals surface area (Å²) >= 11 is 0. The molecule has 5 nitrogen and oxygen atoms in total. The monoisotopic (exact) mass is 361 g/mol. The summed E-state index contributed by atoms with van der Waals surface area (Å²) in [5, 5.41) is 0. The first-order chi connectivity index (χ1) is 13.2. The van der Waals surface area contributed by atoms with Crippen LogP contribution in [0, 0.1) is 0 Å². The van der Waals surface area contributed by atoms with Gasteiger partial charge in [0.05, 0.1) is 25.5 Å². The minimum absolute atomic E-state index is 0.381. The van der Waals surface area contributed by atoms with Gasteiger partial charge in [-0.2, -0.15) is 0 Å². The van der Waals surface area contributed by atoms with Gasteiger partial charge in [-0.25, -0.2) is 4.79 Å². The maximum absolute atomic E-state index is 12.3. The summed E-state index contributed by atoms with van der Waals surface area (Å²) in [6.45, 7) is 0. The van der Waals surface area contributed by atoms with Crippen molar-refractivity contribution < 1.29 is 19.0 Å². The Labute approximate surface area is 157 Å². The van der Waals surface area contributed by atoms with E-state index >= 15 is 0 Å². The molecular formula is C22H19NO4. The van der Waals surface area contributed by atoms with Crippen LogP contribution in [0.2, 0.25) is 0 Å². The molecule has 0 spiro atoms. The molecule has 1 aromatic heterocycles. The number of carbonyl (C=O) groups is 1. The van der Waals surface area contributed by atoms with Crippen molar-refractivity contribution in [3.63, 3.8) is 0 Å². The van der Waals surface area contributed by atoms with Crippen LogP contribution >= 0.6 is 0 Å². The molecule has 27 heavy (non-hydrogen) atoms.